The van der Waals surface area contributed by atoms with Crippen molar-refractivity contribution in [2.75, 3.05) is 39.6 Å². The number of rotatable bonds is 78. The van der Waals surface area contributed by atoms with E-state index >= 15 is 0 Å². The molecule has 0 aliphatic rings. The van der Waals surface area contributed by atoms with Crippen LogP contribution in [0.4, 0.5) is 0 Å². The van der Waals surface area contributed by atoms with Crippen LogP contribution in [0.2, 0.25) is 0 Å². The first kappa shape index (κ1) is 96.1. The van der Waals surface area contributed by atoms with Gasteiger partial charge in [0.1, 0.15) is 19.3 Å². The summed E-state index contributed by atoms with van der Waals surface area (Å²) in [7, 11) is -9.92. The van der Waals surface area contributed by atoms with Crippen LogP contribution in [-0.4, -0.2) is 96.7 Å². The summed E-state index contributed by atoms with van der Waals surface area (Å²) in [4.78, 5) is 72.9. The van der Waals surface area contributed by atoms with Crippen LogP contribution in [0.3, 0.4) is 0 Å². The van der Waals surface area contributed by atoms with Gasteiger partial charge in [-0.05, 0) is 37.5 Å². The number of aliphatic hydroxyl groups excluding tert-OH is 1. The van der Waals surface area contributed by atoms with Crippen LogP contribution in [0.1, 0.15) is 414 Å². The fourth-order valence-electron chi connectivity index (χ4n) is 12.2. The molecule has 3 unspecified atom stereocenters. The zero-order valence-corrected chi connectivity index (χ0v) is 65.9. The van der Waals surface area contributed by atoms with E-state index in [4.69, 9.17) is 37.0 Å². The van der Waals surface area contributed by atoms with Crippen LogP contribution < -0.4 is 0 Å². The maximum Gasteiger partial charge on any atom is 0.472 e. The van der Waals surface area contributed by atoms with Crippen molar-refractivity contribution in [2.45, 2.75) is 432 Å². The van der Waals surface area contributed by atoms with Crippen molar-refractivity contribution in [3.63, 3.8) is 0 Å². The first-order valence-electron chi connectivity index (χ1n) is 41.0. The van der Waals surface area contributed by atoms with Crippen molar-refractivity contribution in [1.82, 2.24) is 0 Å². The van der Waals surface area contributed by atoms with E-state index in [-0.39, 0.29) is 25.7 Å². The molecular weight excluding hydrogens is 1280 g/mol. The Morgan fingerprint density at radius 3 is 0.776 bits per heavy atom. The van der Waals surface area contributed by atoms with Gasteiger partial charge in [-0.2, -0.15) is 0 Å². The molecular formula is C79H154O17P2. The van der Waals surface area contributed by atoms with Crippen molar-refractivity contribution < 1.29 is 80.2 Å². The Morgan fingerprint density at radius 1 is 0.296 bits per heavy atom. The quantitative estimate of drug-likeness (QED) is 0.0222. The van der Waals surface area contributed by atoms with Crippen molar-refractivity contribution in [3.05, 3.63) is 0 Å². The molecule has 582 valence electrons. The summed E-state index contributed by atoms with van der Waals surface area (Å²) in [6.07, 6.45) is 59.5. The summed E-state index contributed by atoms with van der Waals surface area (Å²) >= 11 is 0. The smallest absolute Gasteiger partial charge is 0.462 e. The molecule has 0 aromatic heterocycles. The third kappa shape index (κ3) is 71.1. The Kier molecular flexibility index (Phi) is 69.3. The van der Waals surface area contributed by atoms with Gasteiger partial charge in [0, 0.05) is 25.7 Å². The molecule has 98 heavy (non-hydrogen) atoms. The number of unbranched alkanes of at least 4 members (excludes halogenated alkanes) is 47. The van der Waals surface area contributed by atoms with Gasteiger partial charge in [-0.25, -0.2) is 9.13 Å². The summed E-state index contributed by atoms with van der Waals surface area (Å²) in [5, 5.41) is 10.6. The third-order valence-electron chi connectivity index (χ3n) is 18.8. The lowest BCUT2D eigenvalue weighted by Crippen LogP contribution is -2.30. The zero-order chi connectivity index (χ0) is 72.1. The van der Waals surface area contributed by atoms with E-state index in [0.29, 0.717) is 25.7 Å². The van der Waals surface area contributed by atoms with Gasteiger partial charge in [-0.1, -0.05) is 363 Å². The second kappa shape index (κ2) is 70.7. The maximum atomic E-state index is 13.1. The molecule has 0 aromatic carbocycles. The number of carbonyl (C=O) groups excluding carboxylic acids is 4. The summed E-state index contributed by atoms with van der Waals surface area (Å²) in [6, 6.07) is 0. The molecule has 0 heterocycles. The molecule has 17 nitrogen and oxygen atoms in total. The summed E-state index contributed by atoms with van der Waals surface area (Å²) in [6.45, 7) is 9.67. The van der Waals surface area contributed by atoms with Gasteiger partial charge < -0.3 is 33.8 Å². The average Bonchev–Trinajstić information content (AvgIpc) is 0.963. The summed E-state index contributed by atoms with van der Waals surface area (Å²) in [5.41, 5.74) is 0. The molecule has 0 saturated carbocycles. The minimum absolute atomic E-state index is 0.107. The van der Waals surface area contributed by atoms with Gasteiger partial charge in [0.05, 0.1) is 26.4 Å². The average molecular weight is 1440 g/mol. The highest BCUT2D eigenvalue weighted by Gasteiger charge is 2.30. The summed E-state index contributed by atoms with van der Waals surface area (Å²) < 4.78 is 68.6. The second-order valence-electron chi connectivity index (χ2n) is 29.2. The number of carbonyl (C=O) groups is 4. The SMILES string of the molecule is CCCCCCCCCCCCCCCCCC(=O)OC[C@H](COP(=O)(O)OC[C@@H](O)COP(=O)(O)OC[C@@H](COC(=O)CCCCCCCCCCCC)OC(=O)CCCCCCCCCCCCC(C)CC)OC(=O)CCCCCCCCCCCCCCCCCCC(C)C. The van der Waals surface area contributed by atoms with E-state index in [1.807, 2.05) is 0 Å². The van der Waals surface area contributed by atoms with Crippen molar-refractivity contribution in [3.8, 4) is 0 Å². The van der Waals surface area contributed by atoms with E-state index < -0.39 is 97.5 Å². The molecule has 0 radical (unpaired) electrons. The van der Waals surface area contributed by atoms with Crippen molar-refractivity contribution in [1.29, 1.82) is 0 Å². The van der Waals surface area contributed by atoms with Crippen LogP contribution in [0.5, 0.6) is 0 Å². The third-order valence-corrected chi connectivity index (χ3v) is 20.7. The standard InChI is InChI=1S/C79H154O17P2/c1-7-10-12-14-16-18-20-21-24-28-31-38-44-50-56-62-77(82)90-68-75(95-78(83)63-57-51-45-39-32-29-26-23-22-25-27-30-35-41-47-53-59-71(4)5)70-94-98(87,88)92-66-73(80)65-91-97(85,86)93-69-74(67-89-76(81)61-55-49-43-37-19-17-15-13-11-8-2)96-79(84)64-58-52-46-40-34-33-36-42-48-54-60-72(6)9-3/h71-75,80H,7-70H2,1-6H3,(H,85,86)(H,87,88)/t72?,73-,74+,75+/m0/s1. The first-order valence-corrected chi connectivity index (χ1v) is 44.0. The van der Waals surface area contributed by atoms with E-state index in [0.717, 1.165) is 102 Å². The molecule has 0 spiro atoms. The van der Waals surface area contributed by atoms with Crippen LogP contribution in [0.15, 0.2) is 0 Å². The second-order valence-corrected chi connectivity index (χ2v) is 32.1. The lowest BCUT2D eigenvalue weighted by Gasteiger charge is -2.21. The molecule has 6 atom stereocenters. The number of ether oxygens (including phenoxy) is 4. The predicted molar refractivity (Wildman–Crippen MR) is 400 cm³/mol. The highest BCUT2D eigenvalue weighted by atomic mass is 31.2. The van der Waals surface area contributed by atoms with Crippen LogP contribution in [0.25, 0.3) is 0 Å². The molecule has 0 aliphatic heterocycles. The molecule has 0 saturated heterocycles. The number of phosphoric ester groups is 2. The highest BCUT2D eigenvalue weighted by molar-refractivity contribution is 7.47. The topological polar surface area (TPSA) is 237 Å². The van der Waals surface area contributed by atoms with Gasteiger partial charge in [-0.3, -0.25) is 37.3 Å². The number of aliphatic hydroxyl groups is 1. The Bertz CT molecular complexity index is 1890. The zero-order valence-electron chi connectivity index (χ0n) is 64.1. The molecule has 0 aromatic rings. The monoisotopic (exact) mass is 1440 g/mol. The van der Waals surface area contributed by atoms with Gasteiger partial charge in [0.15, 0.2) is 12.2 Å². The van der Waals surface area contributed by atoms with Crippen LogP contribution >= 0.6 is 15.6 Å². The number of esters is 4. The van der Waals surface area contributed by atoms with E-state index in [9.17, 15) is 43.2 Å². The van der Waals surface area contributed by atoms with E-state index in [1.54, 1.807) is 0 Å². The number of phosphoric acid groups is 2. The van der Waals surface area contributed by atoms with Crippen LogP contribution in [0, 0.1) is 11.8 Å². The summed E-state index contributed by atoms with van der Waals surface area (Å²) in [5.74, 6) is -0.498. The minimum Gasteiger partial charge on any atom is -0.462 e. The molecule has 19 heteroatoms. The molecule has 3 N–H and O–H groups in total. The lowest BCUT2D eigenvalue weighted by atomic mass is 9.99. The van der Waals surface area contributed by atoms with Gasteiger partial charge in [-0.15, -0.1) is 0 Å². The van der Waals surface area contributed by atoms with Gasteiger partial charge in [0.2, 0.25) is 0 Å². The number of hydrogen-bond donors (Lipinski definition) is 3. The first-order chi connectivity index (χ1) is 47.4. The maximum absolute atomic E-state index is 13.1. The van der Waals surface area contributed by atoms with E-state index in [2.05, 4.69) is 41.5 Å². The normalized spacial score (nSPS) is 14.2. The molecule has 0 fully saturated rings. The van der Waals surface area contributed by atoms with Crippen LogP contribution in [-0.2, 0) is 65.4 Å². The Balaban J connectivity index is 5.24. The van der Waals surface area contributed by atoms with E-state index in [1.165, 1.54) is 231 Å². The Labute approximate surface area is 600 Å². The predicted octanol–water partition coefficient (Wildman–Crippen LogP) is 23.5. The highest BCUT2D eigenvalue weighted by Crippen LogP contribution is 2.45. The largest absolute Gasteiger partial charge is 0.472 e. The van der Waals surface area contributed by atoms with Gasteiger partial charge in [0.25, 0.3) is 0 Å². The molecule has 0 amide bonds. The number of hydrogen-bond acceptors (Lipinski definition) is 15. The molecule has 0 bridgehead atoms. The van der Waals surface area contributed by atoms with Gasteiger partial charge >= 0.3 is 39.5 Å². The van der Waals surface area contributed by atoms with Crippen molar-refractivity contribution in [2.24, 2.45) is 11.8 Å². The molecule has 0 rings (SSSR count). The Hall–Kier alpha value is -1.94. The fraction of sp³-hybridized carbons (Fsp3) is 0.949. The lowest BCUT2D eigenvalue weighted by molar-refractivity contribution is -0.161. The fourth-order valence-corrected chi connectivity index (χ4v) is 13.7. The molecule has 0 aliphatic carbocycles. The minimum atomic E-state index is -4.96. The van der Waals surface area contributed by atoms with Crippen molar-refractivity contribution >= 4 is 39.5 Å². The Morgan fingerprint density at radius 2 is 0.520 bits per heavy atom.